The lowest BCUT2D eigenvalue weighted by Gasteiger charge is -2.04. The molecule has 0 bridgehead atoms. The Morgan fingerprint density at radius 1 is 1.41 bits per heavy atom. The molecule has 1 aromatic carbocycles. The lowest BCUT2D eigenvalue weighted by Crippen LogP contribution is -2.03. The average molecular weight is 234 g/mol. The maximum Gasteiger partial charge on any atom is 0.303 e. The summed E-state index contributed by atoms with van der Waals surface area (Å²) in [5.41, 5.74) is 1.30. The molecule has 0 saturated carbocycles. The number of carbonyl (C=O) groups is 1. The van der Waals surface area contributed by atoms with E-state index in [9.17, 15) is 9.18 Å². The molecule has 0 spiro atoms. The maximum absolute atomic E-state index is 13.0. The Kier molecular flexibility index (Phi) is 2.99. The van der Waals surface area contributed by atoms with Gasteiger partial charge < -0.3 is 5.11 Å². The lowest BCUT2D eigenvalue weighted by molar-refractivity contribution is -0.137. The minimum atomic E-state index is -0.884. The molecule has 0 aliphatic rings. The first-order valence-corrected chi connectivity index (χ1v) is 5.21. The number of halogens is 1. The van der Waals surface area contributed by atoms with E-state index in [4.69, 9.17) is 5.11 Å². The van der Waals surface area contributed by atoms with Gasteiger partial charge in [-0.3, -0.25) is 4.79 Å². The first-order chi connectivity index (χ1) is 8.06. The number of aromatic nitrogens is 2. The van der Waals surface area contributed by atoms with Crippen LogP contribution in [0.25, 0.3) is 10.9 Å². The lowest BCUT2D eigenvalue weighted by atomic mass is 10.2. The second kappa shape index (κ2) is 4.45. The highest BCUT2D eigenvalue weighted by Gasteiger charge is 2.07. The van der Waals surface area contributed by atoms with Crippen LogP contribution in [0.2, 0.25) is 0 Å². The van der Waals surface area contributed by atoms with Crippen molar-refractivity contribution in [1.29, 1.82) is 0 Å². The van der Waals surface area contributed by atoms with Crippen molar-refractivity contribution < 1.29 is 14.3 Å². The molecule has 0 fully saturated rings. The van der Waals surface area contributed by atoms with Gasteiger partial charge in [-0.15, -0.1) is 0 Å². The summed E-state index contributed by atoms with van der Waals surface area (Å²) in [5, 5.41) is 9.25. The number of aliphatic carboxylic acids is 1. The Labute approximate surface area is 97.1 Å². The van der Waals surface area contributed by atoms with Crippen LogP contribution in [-0.4, -0.2) is 21.0 Å². The third kappa shape index (κ3) is 2.55. The SMILES string of the molecule is Cc1nc(CCC(=O)O)nc2ccc(F)cc12. The van der Waals surface area contributed by atoms with Gasteiger partial charge in [-0.05, 0) is 25.1 Å². The Balaban J connectivity index is 2.41. The second-order valence-corrected chi connectivity index (χ2v) is 3.78. The molecule has 0 aliphatic carbocycles. The molecule has 0 radical (unpaired) electrons. The van der Waals surface area contributed by atoms with E-state index in [1.54, 1.807) is 13.0 Å². The van der Waals surface area contributed by atoms with Crippen molar-refractivity contribution in [2.24, 2.45) is 0 Å². The van der Waals surface area contributed by atoms with Crippen molar-refractivity contribution in [3.63, 3.8) is 0 Å². The Morgan fingerprint density at radius 2 is 2.18 bits per heavy atom. The Bertz CT molecular complexity index is 584. The number of aryl methyl sites for hydroxylation is 2. The van der Waals surface area contributed by atoms with E-state index in [0.717, 1.165) is 0 Å². The van der Waals surface area contributed by atoms with Crippen molar-refractivity contribution in [2.75, 3.05) is 0 Å². The predicted octanol–water partition coefficient (Wildman–Crippen LogP) is 2.09. The van der Waals surface area contributed by atoms with E-state index in [1.807, 2.05) is 0 Å². The number of hydrogen-bond donors (Lipinski definition) is 1. The van der Waals surface area contributed by atoms with Gasteiger partial charge in [0.2, 0.25) is 0 Å². The van der Waals surface area contributed by atoms with Crippen LogP contribution in [0.4, 0.5) is 4.39 Å². The van der Waals surface area contributed by atoms with Crippen LogP contribution in [0, 0.1) is 12.7 Å². The van der Waals surface area contributed by atoms with Crippen molar-refractivity contribution in [3.05, 3.63) is 35.5 Å². The topological polar surface area (TPSA) is 63.1 Å². The van der Waals surface area contributed by atoms with Gasteiger partial charge in [0, 0.05) is 17.5 Å². The van der Waals surface area contributed by atoms with Crippen molar-refractivity contribution in [3.8, 4) is 0 Å². The number of rotatable bonds is 3. The third-order valence-electron chi connectivity index (χ3n) is 2.46. The van der Waals surface area contributed by atoms with Crippen molar-refractivity contribution >= 4 is 16.9 Å². The summed E-state index contributed by atoms with van der Waals surface area (Å²) in [7, 11) is 0. The molecular formula is C12H11FN2O2. The van der Waals surface area contributed by atoms with Crippen LogP contribution < -0.4 is 0 Å². The van der Waals surface area contributed by atoms with Gasteiger partial charge >= 0.3 is 5.97 Å². The zero-order valence-corrected chi connectivity index (χ0v) is 9.27. The van der Waals surface area contributed by atoms with Crippen LogP contribution in [-0.2, 0) is 11.2 Å². The van der Waals surface area contributed by atoms with E-state index < -0.39 is 5.97 Å². The maximum atomic E-state index is 13.0. The average Bonchev–Trinajstić information content (AvgIpc) is 2.27. The predicted molar refractivity (Wildman–Crippen MR) is 60.2 cm³/mol. The molecule has 0 unspecified atom stereocenters. The minimum absolute atomic E-state index is 0.00780. The van der Waals surface area contributed by atoms with Crippen LogP contribution >= 0.6 is 0 Å². The fourth-order valence-corrected chi connectivity index (χ4v) is 1.64. The van der Waals surface area contributed by atoms with Gasteiger partial charge in [-0.2, -0.15) is 0 Å². The molecule has 0 saturated heterocycles. The Morgan fingerprint density at radius 3 is 2.88 bits per heavy atom. The molecule has 5 heteroatoms. The van der Waals surface area contributed by atoms with E-state index in [1.165, 1.54) is 12.1 Å². The molecule has 0 atom stereocenters. The standard InChI is InChI=1S/C12H11FN2O2/c1-7-9-6-8(13)2-3-10(9)15-11(14-7)4-5-12(16)17/h2-3,6H,4-5H2,1H3,(H,16,17). The van der Waals surface area contributed by atoms with Gasteiger partial charge in [0.15, 0.2) is 0 Å². The molecule has 1 N–H and O–H groups in total. The van der Waals surface area contributed by atoms with Crippen LogP contribution in [0.15, 0.2) is 18.2 Å². The summed E-state index contributed by atoms with van der Waals surface area (Å²) in [6.07, 6.45) is 0.273. The fraction of sp³-hybridized carbons (Fsp3) is 0.250. The molecule has 4 nitrogen and oxygen atoms in total. The van der Waals surface area contributed by atoms with Gasteiger partial charge in [-0.1, -0.05) is 0 Å². The normalized spacial score (nSPS) is 10.7. The summed E-state index contributed by atoms with van der Waals surface area (Å²) < 4.78 is 13.0. The number of benzene rings is 1. The highest BCUT2D eigenvalue weighted by atomic mass is 19.1. The van der Waals surface area contributed by atoms with Crippen molar-refractivity contribution in [1.82, 2.24) is 9.97 Å². The van der Waals surface area contributed by atoms with Gasteiger partial charge in [0.25, 0.3) is 0 Å². The highest BCUT2D eigenvalue weighted by molar-refractivity contribution is 5.80. The van der Waals surface area contributed by atoms with E-state index in [-0.39, 0.29) is 18.7 Å². The van der Waals surface area contributed by atoms with E-state index >= 15 is 0 Å². The fourth-order valence-electron chi connectivity index (χ4n) is 1.64. The monoisotopic (exact) mass is 234 g/mol. The zero-order chi connectivity index (χ0) is 12.4. The summed E-state index contributed by atoms with van der Waals surface area (Å²) in [6.45, 7) is 1.76. The molecule has 88 valence electrons. The smallest absolute Gasteiger partial charge is 0.303 e. The quantitative estimate of drug-likeness (QED) is 0.883. The first-order valence-electron chi connectivity index (χ1n) is 5.21. The van der Waals surface area contributed by atoms with E-state index in [0.29, 0.717) is 22.4 Å². The van der Waals surface area contributed by atoms with Crippen molar-refractivity contribution in [2.45, 2.75) is 19.8 Å². The Hall–Kier alpha value is -2.04. The van der Waals surface area contributed by atoms with Gasteiger partial charge in [0.05, 0.1) is 11.9 Å². The molecule has 1 aromatic heterocycles. The molecule has 2 rings (SSSR count). The molecular weight excluding hydrogens is 223 g/mol. The molecule has 0 aliphatic heterocycles. The van der Waals surface area contributed by atoms with Crippen LogP contribution in [0.3, 0.4) is 0 Å². The number of carboxylic acid groups (broad SMARTS) is 1. The summed E-state index contributed by atoms with van der Waals surface area (Å²) in [4.78, 5) is 18.8. The van der Waals surface area contributed by atoms with E-state index in [2.05, 4.69) is 9.97 Å². The van der Waals surface area contributed by atoms with Gasteiger partial charge in [-0.25, -0.2) is 14.4 Å². The molecule has 2 aromatic rings. The minimum Gasteiger partial charge on any atom is -0.481 e. The first kappa shape index (κ1) is 11.4. The number of fused-ring (bicyclic) bond motifs is 1. The third-order valence-corrected chi connectivity index (χ3v) is 2.46. The van der Waals surface area contributed by atoms with Crippen LogP contribution in [0.1, 0.15) is 17.9 Å². The number of hydrogen-bond acceptors (Lipinski definition) is 3. The van der Waals surface area contributed by atoms with Crippen LogP contribution in [0.5, 0.6) is 0 Å². The number of carboxylic acids is 1. The van der Waals surface area contributed by atoms with Gasteiger partial charge in [0.1, 0.15) is 11.6 Å². The molecule has 1 heterocycles. The molecule has 0 amide bonds. The second-order valence-electron chi connectivity index (χ2n) is 3.78. The summed E-state index contributed by atoms with van der Waals surface area (Å²) in [6, 6.07) is 4.28. The highest BCUT2D eigenvalue weighted by Crippen LogP contribution is 2.17. The summed E-state index contributed by atoms with van der Waals surface area (Å²) in [5.74, 6) is -0.739. The number of nitrogens with zero attached hydrogens (tertiary/aromatic N) is 2. The summed E-state index contributed by atoms with van der Waals surface area (Å²) >= 11 is 0. The largest absolute Gasteiger partial charge is 0.481 e. The zero-order valence-electron chi connectivity index (χ0n) is 9.27. The molecule has 17 heavy (non-hydrogen) atoms.